The minimum Gasteiger partial charge on any atom is -0.313 e. The number of hydrogen-bond donors (Lipinski definition) is 1. The summed E-state index contributed by atoms with van der Waals surface area (Å²) in [6.07, 6.45) is 20.8. The second-order valence-corrected chi connectivity index (χ2v) is 6.42. The second-order valence-electron chi connectivity index (χ2n) is 6.42. The summed E-state index contributed by atoms with van der Waals surface area (Å²) >= 11 is 0. The molecule has 0 heterocycles. The van der Waals surface area contributed by atoms with E-state index < -0.39 is 0 Å². The zero-order valence-electron chi connectivity index (χ0n) is 13.6. The van der Waals surface area contributed by atoms with Crippen LogP contribution in [0.3, 0.4) is 0 Å². The molecule has 0 bridgehead atoms. The first-order valence-electron chi connectivity index (χ1n) is 8.76. The van der Waals surface area contributed by atoms with Gasteiger partial charge in [0.05, 0.1) is 0 Å². The number of unbranched alkanes of at least 4 members (excludes halogenated alkanes) is 12. The fraction of sp³-hybridized carbons (Fsp3) is 0.944. The maximum Gasteiger partial charge on any atom is -0.00477 e. The van der Waals surface area contributed by atoms with Crippen molar-refractivity contribution in [2.45, 2.75) is 104 Å². The Morgan fingerprint density at radius 1 is 0.632 bits per heavy atom. The van der Waals surface area contributed by atoms with E-state index >= 15 is 0 Å². The molecule has 0 aliphatic carbocycles. The Morgan fingerprint density at radius 2 is 1.00 bits per heavy atom. The van der Waals surface area contributed by atoms with Crippen LogP contribution in [0.25, 0.3) is 0 Å². The van der Waals surface area contributed by atoms with Crippen LogP contribution in [-0.4, -0.2) is 6.21 Å². The van der Waals surface area contributed by atoms with Crippen molar-refractivity contribution >= 4 is 6.21 Å². The van der Waals surface area contributed by atoms with Crippen LogP contribution < -0.4 is 0 Å². The lowest BCUT2D eigenvalue weighted by Crippen LogP contribution is -1.87. The molecule has 0 aromatic rings. The lowest BCUT2D eigenvalue weighted by atomic mass is 10.0. The first kappa shape index (κ1) is 18.7. The normalized spacial score (nSPS) is 11.1. The summed E-state index contributed by atoms with van der Waals surface area (Å²) in [7, 11) is 0. The lowest BCUT2D eigenvalue weighted by Gasteiger charge is -2.04. The Labute approximate surface area is 122 Å². The van der Waals surface area contributed by atoms with E-state index in [0.717, 1.165) is 12.3 Å². The smallest absolute Gasteiger partial charge is 0.00477 e. The van der Waals surface area contributed by atoms with Crippen molar-refractivity contribution in [1.29, 1.82) is 5.41 Å². The Kier molecular flexibility index (Phi) is 15.5. The number of rotatable bonds is 15. The van der Waals surface area contributed by atoms with Gasteiger partial charge >= 0.3 is 0 Å². The fourth-order valence-corrected chi connectivity index (χ4v) is 2.57. The largest absolute Gasteiger partial charge is 0.313 e. The molecule has 0 aromatic carbocycles. The first-order chi connectivity index (χ1) is 9.27. The van der Waals surface area contributed by atoms with Crippen molar-refractivity contribution in [3.8, 4) is 0 Å². The molecule has 0 aliphatic rings. The monoisotopic (exact) mass is 267 g/mol. The summed E-state index contributed by atoms with van der Waals surface area (Å²) in [6, 6.07) is 0. The molecule has 19 heavy (non-hydrogen) atoms. The molecule has 0 radical (unpaired) electrons. The van der Waals surface area contributed by atoms with E-state index in [9.17, 15) is 0 Å². The van der Waals surface area contributed by atoms with E-state index in [1.165, 1.54) is 83.5 Å². The summed E-state index contributed by atoms with van der Waals surface area (Å²) in [5, 5.41) is 6.95. The molecule has 0 fully saturated rings. The van der Waals surface area contributed by atoms with Crippen LogP contribution in [-0.2, 0) is 0 Å². The topological polar surface area (TPSA) is 23.9 Å². The average Bonchev–Trinajstić information content (AvgIpc) is 2.39. The molecular formula is C18H37N. The molecule has 0 atom stereocenters. The molecule has 0 rings (SSSR count). The van der Waals surface area contributed by atoms with Gasteiger partial charge in [0.2, 0.25) is 0 Å². The van der Waals surface area contributed by atoms with Crippen molar-refractivity contribution in [1.82, 2.24) is 0 Å². The van der Waals surface area contributed by atoms with Gasteiger partial charge in [-0.1, -0.05) is 90.9 Å². The highest BCUT2D eigenvalue weighted by atomic mass is 14.3. The van der Waals surface area contributed by atoms with Crippen LogP contribution >= 0.6 is 0 Å². The molecule has 0 saturated carbocycles. The molecule has 0 amide bonds. The van der Waals surface area contributed by atoms with Gasteiger partial charge in [-0.15, -0.1) is 0 Å². The Hall–Kier alpha value is -0.330. The molecule has 0 unspecified atom stereocenters. The van der Waals surface area contributed by atoms with E-state index in [-0.39, 0.29) is 0 Å². The van der Waals surface area contributed by atoms with Gasteiger partial charge < -0.3 is 5.41 Å². The van der Waals surface area contributed by atoms with Gasteiger partial charge in [-0.25, -0.2) is 0 Å². The van der Waals surface area contributed by atoms with Crippen molar-refractivity contribution in [2.75, 3.05) is 0 Å². The number of hydrogen-bond acceptors (Lipinski definition) is 1. The van der Waals surface area contributed by atoms with Gasteiger partial charge in [0.1, 0.15) is 0 Å². The maximum absolute atomic E-state index is 6.95. The molecule has 1 nitrogen and oxygen atoms in total. The molecule has 0 aliphatic heterocycles. The van der Waals surface area contributed by atoms with Gasteiger partial charge in [-0.05, 0) is 25.0 Å². The predicted molar refractivity (Wildman–Crippen MR) is 88.3 cm³/mol. The van der Waals surface area contributed by atoms with Crippen molar-refractivity contribution in [3.05, 3.63) is 0 Å². The van der Waals surface area contributed by atoms with Gasteiger partial charge in [0.25, 0.3) is 0 Å². The molecule has 0 aromatic heterocycles. The fourth-order valence-electron chi connectivity index (χ4n) is 2.57. The minimum atomic E-state index is 0.888. The quantitative estimate of drug-likeness (QED) is 0.250. The Bertz CT molecular complexity index is 175. The van der Waals surface area contributed by atoms with Crippen LogP contribution in [0.2, 0.25) is 0 Å². The summed E-state index contributed by atoms with van der Waals surface area (Å²) in [6.45, 7) is 4.65. The summed E-state index contributed by atoms with van der Waals surface area (Å²) in [4.78, 5) is 0. The molecule has 1 heteroatoms. The third-order valence-corrected chi connectivity index (χ3v) is 3.88. The van der Waals surface area contributed by atoms with Gasteiger partial charge in [-0.2, -0.15) is 0 Å². The van der Waals surface area contributed by atoms with E-state index in [1.54, 1.807) is 6.21 Å². The van der Waals surface area contributed by atoms with E-state index in [0.29, 0.717) is 0 Å². The van der Waals surface area contributed by atoms with Crippen LogP contribution in [0.5, 0.6) is 0 Å². The van der Waals surface area contributed by atoms with Crippen LogP contribution in [0, 0.1) is 11.3 Å². The van der Waals surface area contributed by atoms with E-state index in [1.807, 2.05) is 0 Å². The van der Waals surface area contributed by atoms with Gasteiger partial charge in [-0.3, -0.25) is 0 Å². The molecule has 1 N–H and O–H groups in total. The van der Waals surface area contributed by atoms with Crippen molar-refractivity contribution in [3.63, 3.8) is 0 Å². The van der Waals surface area contributed by atoms with Crippen molar-refractivity contribution in [2.24, 2.45) is 5.92 Å². The zero-order valence-corrected chi connectivity index (χ0v) is 13.6. The standard InChI is InChI=1S/C18H37N/c1-18(2)16-14-12-10-8-6-4-3-5-7-9-11-13-15-17-19/h17-19H,3-16H2,1-2H3. The van der Waals surface area contributed by atoms with E-state index in [2.05, 4.69) is 13.8 Å². The highest BCUT2D eigenvalue weighted by Crippen LogP contribution is 2.14. The maximum atomic E-state index is 6.95. The van der Waals surface area contributed by atoms with Gasteiger partial charge in [0, 0.05) is 0 Å². The Balaban J connectivity index is 2.93. The highest BCUT2D eigenvalue weighted by Gasteiger charge is 1.95. The molecule has 0 spiro atoms. The third-order valence-electron chi connectivity index (χ3n) is 3.88. The Morgan fingerprint density at radius 3 is 1.37 bits per heavy atom. The lowest BCUT2D eigenvalue weighted by molar-refractivity contribution is 0.503. The van der Waals surface area contributed by atoms with Crippen LogP contribution in [0.4, 0.5) is 0 Å². The van der Waals surface area contributed by atoms with Crippen LogP contribution in [0.15, 0.2) is 0 Å². The van der Waals surface area contributed by atoms with Crippen molar-refractivity contribution < 1.29 is 0 Å². The first-order valence-corrected chi connectivity index (χ1v) is 8.76. The second kappa shape index (κ2) is 15.7. The molecule has 0 saturated heterocycles. The zero-order chi connectivity index (χ0) is 14.2. The predicted octanol–water partition coefficient (Wildman–Crippen LogP) is 6.75. The summed E-state index contributed by atoms with van der Waals surface area (Å²) in [5.41, 5.74) is 0. The molecule has 114 valence electrons. The highest BCUT2D eigenvalue weighted by molar-refractivity contribution is 5.52. The minimum absolute atomic E-state index is 0.888. The summed E-state index contributed by atoms with van der Waals surface area (Å²) in [5.74, 6) is 0.888. The van der Waals surface area contributed by atoms with Gasteiger partial charge in [0.15, 0.2) is 0 Å². The number of nitrogens with one attached hydrogen (secondary N) is 1. The summed E-state index contributed by atoms with van der Waals surface area (Å²) < 4.78 is 0. The molecular weight excluding hydrogens is 230 g/mol. The SMILES string of the molecule is CC(C)CCCCCCCCCCCCCCC=N. The van der Waals surface area contributed by atoms with E-state index in [4.69, 9.17) is 5.41 Å². The van der Waals surface area contributed by atoms with Crippen LogP contribution in [0.1, 0.15) is 104 Å². The third kappa shape index (κ3) is 17.7. The average molecular weight is 268 g/mol.